The molecule has 1 aliphatic rings. The van der Waals surface area contributed by atoms with Crippen LogP contribution in [-0.4, -0.2) is 68.9 Å². The number of guanidine groups is 1. The molecule has 0 aliphatic carbocycles. The maximum Gasteiger partial charge on any atom is 0.337 e. The molecule has 1 aromatic rings. The molecule has 2 rings (SSSR count). The van der Waals surface area contributed by atoms with E-state index in [2.05, 4.69) is 41.3 Å². The van der Waals surface area contributed by atoms with E-state index in [1.54, 1.807) is 12.1 Å². The van der Waals surface area contributed by atoms with Gasteiger partial charge in [0.05, 0.1) is 32.4 Å². The number of morpholine rings is 1. The van der Waals surface area contributed by atoms with Gasteiger partial charge in [0, 0.05) is 31.7 Å². The number of hydrogen-bond acceptors (Lipinski definition) is 5. The van der Waals surface area contributed by atoms with E-state index in [-0.39, 0.29) is 35.5 Å². The molecule has 1 saturated heterocycles. The predicted octanol–water partition coefficient (Wildman–Crippen LogP) is 2.26. The van der Waals surface area contributed by atoms with Crippen LogP contribution in [0.25, 0.3) is 0 Å². The third-order valence-electron chi connectivity index (χ3n) is 4.69. The van der Waals surface area contributed by atoms with Gasteiger partial charge in [-0.05, 0) is 38.5 Å². The van der Waals surface area contributed by atoms with Crippen molar-refractivity contribution in [1.82, 2.24) is 15.5 Å². The number of benzene rings is 1. The number of halogens is 1. The Morgan fingerprint density at radius 3 is 2.43 bits per heavy atom. The number of rotatable bonds is 7. The molecule has 1 aliphatic heterocycles. The smallest absolute Gasteiger partial charge is 0.337 e. The van der Waals surface area contributed by atoms with Gasteiger partial charge in [-0.25, -0.2) is 9.79 Å². The first kappa shape index (κ1) is 24.6. The molecule has 0 spiro atoms. The van der Waals surface area contributed by atoms with Gasteiger partial charge in [-0.2, -0.15) is 0 Å². The molecule has 0 atom stereocenters. The number of hydrogen-bond donors (Lipinski definition) is 2. The Labute approximate surface area is 185 Å². The van der Waals surface area contributed by atoms with Crippen LogP contribution in [0.3, 0.4) is 0 Å². The van der Waals surface area contributed by atoms with Crippen molar-refractivity contribution in [2.24, 2.45) is 4.99 Å². The van der Waals surface area contributed by atoms with Gasteiger partial charge in [-0.1, -0.05) is 12.1 Å². The predicted molar refractivity (Wildman–Crippen MR) is 122 cm³/mol. The van der Waals surface area contributed by atoms with Crippen LogP contribution in [-0.2, 0) is 16.0 Å². The molecule has 2 N–H and O–H groups in total. The summed E-state index contributed by atoms with van der Waals surface area (Å²) in [6.45, 7) is 12.1. The highest BCUT2D eigenvalue weighted by Crippen LogP contribution is 2.15. The van der Waals surface area contributed by atoms with E-state index in [1.165, 1.54) is 7.11 Å². The zero-order valence-electron chi connectivity index (χ0n) is 17.3. The van der Waals surface area contributed by atoms with E-state index in [4.69, 9.17) is 9.47 Å². The lowest BCUT2D eigenvalue weighted by Gasteiger charge is -2.41. The zero-order chi connectivity index (χ0) is 19.7. The van der Waals surface area contributed by atoms with Crippen LogP contribution < -0.4 is 10.6 Å². The SMILES string of the molecule is CCNC(=NCc1ccc(C(=O)OC)cc1)NCC(C)(C)N1CCOCC1.I. The Bertz CT molecular complexity index is 629. The minimum atomic E-state index is -0.328. The molecule has 0 saturated carbocycles. The molecule has 1 fully saturated rings. The van der Waals surface area contributed by atoms with E-state index in [9.17, 15) is 4.79 Å². The van der Waals surface area contributed by atoms with Crippen molar-refractivity contribution >= 4 is 35.9 Å². The molecule has 0 aromatic heterocycles. The molecule has 0 unspecified atom stereocenters. The molecule has 8 heteroatoms. The first-order valence-corrected chi connectivity index (χ1v) is 9.48. The quantitative estimate of drug-likeness (QED) is 0.257. The fourth-order valence-corrected chi connectivity index (χ4v) is 2.96. The van der Waals surface area contributed by atoms with Gasteiger partial charge in [0.15, 0.2) is 5.96 Å². The van der Waals surface area contributed by atoms with Gasteiger partial charge in [0.25, 0.3) is 0 Å². The van der Waals surface area contributed by atoms with Crippen LogP contribution in [0, 0.1) is 0 Å². The third-order valence-corrected chi connectivity index (χ3v) is 4.69. The molecule has 1 aromatic carbocycles. The van der Waals surface area contributed by atoms with Crippen LogP contribution in [0.1, 0.15) is 36.7 Å². The van der Waals surface area contributed by atoms with Crippen LogP contribution in [0.15, 0.2) is 29.3 Å². The van der Waals surface area contributed by atoms with Crippen molar-refractivity contribution < 1.29 is 14.3 Å². The van der Waals surface area contributed by atoms with Gasteiger partial charge >= 0.3 is 5.97 Å². The lowest BCUT2D eigenvalue weighted by atomic mass is 10.0. The van der Waals surface area contributed by atoms with Crippen LogP contribution in [0.5, 0.6) is 0 Å². The molecule has 28 heavy (non-hydrogen) atoms. The van der Waals surface area contributed by atoms with Crippen molar-refractivity contribution in [3.8, 4) is 0 Å². The van der Waals surface area contributed by atoms with E-state index in [0.29, 0.717) is 12.1 Å². The topological polar surface area (TPSA) is 75.2 Å². The number of nitrogens with one attached hydrogen (secondary N) is 2. The lowest BCUT2D eigenvalue weighted by molar-refractivity contribution is -0.00834. The van der Waals surface area contributed by atoms with Gasteiger partial charge in [-0.3, -0.25) is 4.90 Å². The summed E-state index contributed by atoms with van der Waals surface area (Å²) >= 11 is 0. The summed E-state index contributed by atoms with van der Waals surface area (Å²) in [6.07, 6.45) is 0. The Kier molecular flexibility index (Phi) is 10.8. The Morgan fingerprint density at radius 1 is 1.21 bits per heavy atom. The monoisotopic (exact) mass is 504 g/mol. The van der Waals surface area contributed by atoms with Gasteiger partial charge in [-0.15, -0.1) is 24.0 Å². The average Bonchev–Trinajstić information content (AvgIpc) is 2.70. The number of ether oxygens (including phenoxy) is 2. The molecular formula is C20H33IN4O3. The fourth-order valence-electron chi connectivity index (χ4n) is 2.96. The van der Waals surface area contributed by atoms with Crippen molar-refractivity contribution in [2.45, 2.75) is 32.9 Å². The second-order valence-corrected chi connectivity index (χ2v) is 7.15. The summed E-state index contributed by atoms with van der Waals surface area (Å²) in [4.78, 5) is 18.6. The van der Waals surface area contributed by atoms with Crippen molar-refractivity contribution in [3.63, 3.8) is 0 Å². The van der Waals surface area contributed by atoms with E-state index in [0.717, 1.165) is 50.9 Å². The highest BCUT2D eigenvalue weighted by atomic mass is 127. The fraction of sp³-hybridized carbons (Fsp3) is 0.600. The number of nitrogens with zero attached hydrogens (tertiary/aromatic N) is 2. The van der Waals surface area contributed by atoms with Gasteiger partial charge in [0.2, 0.25) is 0 Å². The van der Waals surface area contributed by atoms with E-state index >= 15 is 0 Å². The normalized spacial score (nSPS) is 15.5. The Balaban J connectivity index is 0.00000392. The van der Waals surface area contributed by atoms with E-state index in [1.807, 2.05) is 12.1 Å². The van der Waals surface area contributed by atoms with Crippen LogP contribution in [0.4, 0.5) is 0 Å². The first-order chi connectivity index (χ1) is 13.0. The summed E-state index contributed by atoms with van der Waals surface area (Å²) in [5.41, 5.74) is 1.59. The Hall–Kier alpha value is -1.39. The number of methoxy groups -OCH3 is 1. The summed E-state index contributed by atoms with van der Waals surface area (Å²) in [5, 5.41) is 6.74. The highest BCUT2D eigenvalue weighted by Gasteiger charge is 2.28. The summed E-state index contributed by atoms with van der Waals surface area (Å²) in [5.74, 6) is 0.460. The molecule has 7 nitrogen and oxygen atoms in total. The number of esters is 1. The summed E-state index contributed by atoms with van der Waals surface area (Å²) < 4.78 is 10.2. The molecule has 0 amide bonds. The van der Waals surface area contributed by atoms with Crippen molar-refractivity contribution in [3.05, 3.63) is 35.4 Å². The maximum atomic E-state index is 11.5. The largest absolute Gasteiger partial charge is 0.465 e. The first-order valence-electron chi connectivity index (χ1n) is 9.48. The summed E-state index contributed by atoms with van der Waals surface area (Å²) in [6, 6.07) is 7.32. The zero-order valence-corrected chi connectivity index (χ0v) is 19.6. The minimum absolute atomic E-state index is 0. The van der Waals surface area contributed by atoms with Crippen LogP contribution >= 0.6 is 24.0 Å². The highest BCUT2D eigenvalue weighted by molar-refractivity contribution is 14.0. The number of carbonyl (C=O) groups is 1. The van der Waals surface area contributed by atoms with E-state index < -0.39 is 0 Å². The third kappa shape index (κ3) is 7.56. The second kappa shape index (κ2) is 12.2. The number of carbonyl (C=O) groups excluding carboxylic acids is 1. The Morgan fingerprint density at radius 2 is 1.86 bits per heavy atom. The minimum Gasteiger partial charge on any atom is -0.465 e. The molecule has 0 radical (unpaired) electrons. The maximum absolute atomic E-state index is 11.5. The summed E-state index contributed by atoms with van der Waals surface area (Å²) in [7, 11) is 1.38. The van der Waals surface area contributed by atoms with Gasteiger partial charge < -0.3 is 20.1 Å². The average molecular weight is 504 g/mol. The second-order valence-electron chi connectivity index (χ2n) is 7.15. The standard InChI is InChI=1S/C20H32N4O3.HI/c1-5-21-19(23-15-20(2,3)24-10-12-27-13-11-24)22-14-16-6-8-17(9-7-16)18(25)26-4;/h6-9H,5,10-15H2,1-4H3,(H2,21,22,23);1H. The van der Waals surface area contributed by atoms with Crippen LogP contribution in [0.2, 0.25) is 0 Å². The molecule has 1 heterocycles. The van der Waals surface area contributed by atoms with Crippen molar-refractivity contribution in [1.29, 1.82) is 0 Å². The lowest BCUT2D eigenvalue weighted by Crippen LogP contribution is -2.56. The van der Waals surface area contributed by atoms with Gasteiger partial charge in [0.1, 0.15) is 0 Å². The van der Waals surface area contributed by atoms with Crippen molar-refractivity contribution in [2.75, 3.05) is 46.5 Å². The molecular weight excluding hydrogens is 471 g/mol. The molecule has 158 valence electrons. The number of aliphatic imine (C=N–C) groups is 1. The molecule has 0 bridgehead atoms.